The summed E-state index contributed by atoms with van der Waals surface area (Å²) in [6, 6.07) is -4.04. The SMILES string of the molecule is CC(C)C(N)C(=O)NC(C(=O)NC(CCCN=C(N)N)C(=O)NC(CS)C(=O)O)C(C)C. The van der Waals surface area contributed by atoms with Crippen LogP contribution in [0.25, 0.3) is 0 Å². The average Bonchev–Trinajstić information content (AvgIpc) is 2.70. The highest BCUT2D eigenvalue weighted by atomic mass is 32.1. The predicted octanol–water partition coefficient (Wildman–Crippen LogP) is -1.85. The van der Waals surface area contributed by atoms with Crippen LogP contribution >= 0.6 is 12.6 Å². The molecule has 0 fully saturated rings. The number of nitrogens with zero attached hydrogens (tertiary/aromatic N) is 1. The van der Waals surface area contributed by atoms with Crippen molar-refractivity contribution in [3.63, 3.8) is 0 Å². The Morgan fingerprint density at radius 1 is 0.906 bits per heavy atom. The van der Waals surface area contributed by atoms with Gasteiger partial charge in [0.2, 0.25) is 17.7 Å². The van der Waals surface area contributed by atoms with Gasteiger partial charge < -0.3 is 38.3 Å². The van der Waals surface area contributed by atoms with Crippen LogP contribution in [0.2, 0.25) is 0 Å². The van der Waals surface area contributed by atoms with Crippen molar-refractivity contribution in [2.45, 2.75) is 64.7 Å². The fourth-order valence-electron chi connectivity index (χ4n) is 2.58. The van der Waals surface area contributed by atoms with E-state index in [0.29, 0.717) is 6.42 Å². The maximum absolute atomic E-state index is 12.9. The lowest BCUT2D eigenvalue weighted by Crippen LogP contribution is -2.59. The Balaban J connectivity index is 5.45. The molecule has 0 rings (SSSR count). The summed E-state index contributed by atoms with van der Waals surface area (Å²) < 4.78 is 0. The summed E-state index contributed by atoms with van der Waals surface area (Å²) in [5, 5.41) is 16.7. The molecule has 0 bridgehead atoms. The first-order chi connectivity index (χ1) is 14.8. The summed E-state index contributed by atoms with van der Waals surface area (Å²) in [6.07, 6.45) is 0.476. The lowest BCUT2D eigenvalue weighted by Gasteiger charge is -2.27. The van der Waals surface area contributed by atoms with Gasteiger partial charge in [0.1, 0.15) is 18.1 Å². The molecule has 0 spiro atoms. The minimum absolute atomic E-state index is 0.111. The van der Waals surface area contributed by atoms with Gasteiger partial charge in [0.05, 0.1) is 6.04 Å². The van der Waals surface area contributed by atoms with Crippen LogP contribution in [0, 0.1) is 11.8 Å². The van der Waals surface area contributed by atoms with E-state index in [0.717, 1.165) is 0 Å². The topological polar surface area (TPSA) is 215 Å². The zero-order chi connectivity index (χ0) is 25.0. The van der Waals surface area contributed by atoms with Gasteiger partial charge >= 0.3 is 5.97 Å². The van der Waals surface area contributed by atoms with Crippen LogP contribution in [0.4, 0.5) is 0 Å². The van der Waals surface area contributed by atoms with Gasteiger partial charge in [-0.2, -0.15) is 12.6 Å². The standard InChI is InChI=1S/C19H37N7O5S/c1-9(2)13(20)16(28)26-14(10(3)4)17(29)24-11(6-5-7-23-19(21)22)15(27)25-12(8-32)18(30)31/h9-14,32H,5-8,20H2,1-4H3,(H,24,29)(H,25,27)(H,26,28)(H,30,31)(H4,21,22,23). The summed E-state index contributed by atoms with van der Waals surface area (Å²) in [7, 11) is 0. The summed E-state index contributed by atoms with van der Waals surface area (Å²) in [6.45, 7) is 7.25. The molecule has 0 heterocycles. The molecule has 0 radical (unpaired) electrons. The van der Waals surface area contributed by atoms with Gasteiger partial charge in [0, 0.05) is 12.3 Å². The highest BCUT2D eigenvalue weighted by molar-refractivity contribution is 7.80. The third-order valence-electron chi connectivity index (χ3n) is 4.64. The lowest BCUT2D eigenvalue weighted by atomic mass is 9.99. The summed E-state index contributed by atoms with van der Waals surface area (Å²) in [4.78, 5) is 53.0. The van der Waals surface area contributed by atoms with Crippen molar-refractivity contribution in [2.75, 3.05) is 12.3 Å². The molecule has 0 aliphatic carbocycles. The maximum Gasteiger partial charge on any atom is 0.327 e. The van der Waals surface area contributed by atoms with Crippen LogP contribution in [0.15, 0.2) is 4.99 Å². The first-order valence-corrected chi connectivity index (χ1v) is 11.0. The van der Waals surface area contributed by atoms with Gasteiger partial charge in [-0.3, -0.25) is 19.4 Å². The Morgan fingerprint density at radius 3 is 1.91 bits per heavy atom. The highest BCUT2D eigenvalue weighted by Gasteiger charge is 2.31. The Kier molecular flexibility index (Phi) is 13.4. The minimum Gasteiger partial charge on any atom is -0.480 e. The lowest BCUT2D eigenvalue weighted by molar-refractivity contribution is -0.141. The second-order valence-electron chi connectivity index (χ2n) is 8.09. The van der Waals surface area contributed by atoms with E-state index in [1.54, 1.807) is 27.7 Å². The number of carboxylic acids is 1. The van der Waals surface area contributed by atoms with Crippen LogP contribution in [0.1, 0.15) is 40.5 Å². The number of thiol groups is 1. The van der Waals surface area contributed by atoms with Gasteiger partial charge in [-0.05, 0) is 24.7 Å². The molecule has 0 aromatic heterocycles. The van der Waals surface area contributed by atoms with Crippen molar-refractivity contribution >= 4 is 42.3 Å². The molecule has 32 heavy (non-hydrogen) atoms. The predicted molar refractivity (Wildman–Crippen MR) is 125 cm³/mol. The van der Waals surface area contributed by atoms with E-state index in [9.17, 15) is 19.2 Å². The second-order valence-corrected chi connectivity index (χ2v) is 8.46. The Bertz CT molecular complexity index is 683. The number of amides is 3. The molecule has 0 aromatic rings. The normalized spacial score (nSPS) is 14.8. The highest BCUT2D eigenvalue weighted by Crippen LogP contribution is 2.07. The van der Waals surface area contributed by atoms with Crippen molar-refractivity contribution in [2.24, 2.45) is 34.0 Å². The third-order valence-corrected chi connectivity index (χ3v) is 5.01. The van der Waals surface area contributed by atoms with Gasteiger partial charge in [0.25, 0.3) is 0 Å². The van der Waals surface area contributed by atoms with Crippen molar-refractivity contribution in [3.8, 4) is 0 Å². The number of rotatable bonds is 14. The minimum atomic E-state index is -1.26. The molecule has 0 aliphatic rings. The Hall–Kier alpha value is -2.54. The molecule has 10 N–H and O–H groups in total. The number of aliphatic carboxylic acids is 1. The molecule has 0 aromatic carbocycles. The van der Waals surface area contributed by atoms with Crippen LogP contribution in [-0.4, -0.2) is 71.2 Å². The molecule has 4 unspecified atom stereocenters. The molecule has 13 heteroatoms. The molecule has 4 atom stereocenters. The van der Waals surface area contributed by atoms with Crippen molar-refractivity contribution in [1.82, 2.24) is 16.0 Å². The van der Waals surface area contributed by atoms with Crippen molar-refractivity contribution in [3.05, 3.63) is 0 Å². The zero-order valence-electron chi connectivity index (χ0n) is 19.0. The first kappa shape index (κ1) is 29.5. The number of carbonyl (C=O) groups is 4. The number of nitrogens with two attached hydrogens (primary N) is 3. The van der Waals surface area contributed by atoms with Gasteiger partial charge in [-0.1, -0.05) is 27.7 Å². The number of nitrogens with one attached hydrogen (secondary N) is 3. The number of hydrogen-bond donors (Lipinski definition) is 8. The fraction of sp³-hybridized carbons (Fsp3) is 0.737. The zero-order valence-corrected chi connectivity index (χ0v) is 19.9. The molecule has 3 amide bonds. The number of carbonyl (C=O) groups excluding carboxylic acids is 3. The molecule has 0 saturated heterocycles. The van der Waals surface area contributed by atoms with E-state index in [-0.39, 0.29) is 36.5 Å². The van der Waals surface area contributed by atoms with Crippen LogP contribution in [0.3, 0.4) is 0 Å². The summed E-state index contributed by atoms with van der Waals surface area (Å²) >= 11 is 3.92. The first-order valence-electron chi connectivity index (χ1n) is 10.4. The van der Waals surface area contributed by atoms with Crippen molar-refractivity contribution in [1.29, 1.82) is 0 Å². The number of carboxylic acid groups (broad SMARTS) is 1. The molecule has 0 aliphatic heterocycles. The molecule has 184 valence electrons. The smallest absolute Gasteiger partial charge is 0.327 e. The van der Waals surface area contributed by atoms with Crippen LogP contribution in [-0.2, 0) is 19.2 Å². The van der Waals surface area contributed by atoms with E-state index in [2.05, 4.69) is 33.6 Å². The number of aliphatic imine (C=N–C) groups is 1. The fourth-order valence-corrected chi connectivity index (χ4v) is 2.83. The van der Waals surface area contributed by atoms with Gasteiger partial charge in [0.15, 0.2) is 5.96 Å². The largest absolute Gasteiger partial charge is 0.480 e. The summed E-state index contributed by atoms with van der Waals surface area (Å²) in [5.74, 6) is -3.70. The average molecular weight is 476 g/mol. The number of guanidine groups is 1. The monoisotopic (exact) mass is 475 g/mol. The van der Waals surface area contributed by atoms with E-state index in [4.69, 9.17) is 22.3 Å². The molecular formula is C19H37N7O5S. The van der Waals surface area contributed by atoms with Crippen LogP contribution in [0.5, 0.6) is 0 Å². The van der Waals surface area contributed by atoms with Crippen LogP contribution < -0.4 is 33.2 Å². The second kappa shape index (κ2) is 14.5. The molecular weight excluding hydrogens is 438 g/mol. The third kappa shape index (κ3) is 10.7. The molecule has 0 saturated carbocycles. The molecule has 12 nitrogen and oxygen atoms in total. The Labute approximate surface area is 193 Å². The Morgan fingerprint density at radius 2 is 1.47 bits per heavy atom. The van der Waals surface area contributed by atoms with E-state index >= 15 is 0 Å². The number of hydrogen-bond acceptors (Lipinski definition) is 7. The van der Waals surface area contributed by atoms with Gasteiger partial charge in [-0.25, -0.2) is 4.79 Å². The maximum atomic E-state index is 12.9. The summed E-state index contributed by atoms with van der Waals surface area (Å²) in [5.41, 5.74) is 16.4. The van der Waals surface area contributed by atoms with E-state index in [1.807, 2.05) is 0 Å². The quantitative estimate of drug-likeness (QED) is 0.0616. The van der Waals surface area contributed by atoms with Gasteiger partial charge in [-0.15, -0.1) is 0 Å². The van der Waals surface area contributed by atoms with E-state index in [1.165, 1.54) is 0 Å². The van der Waals surface area contributed by atoms with E-state index < -0.39 is 47.9 Å². The van der Waals surface area contributed by atoms with Crippen molar-refractivity contribution < 1.29 is 24.3 Å².